The average molecular weight is 659 g/mol. The maximum Gasteiger partial charge on any atom is 0.347 e. The first kappa shape index (κ1) is 25.2. The van der Waals surface area contributed by atoms with Crippen LogP contribution in [0.3, 0.4) is 0 Å². The molecule has 7 nitrogen and oxygen atoms in total. The van der Waals surface area contributed by atoms with Crippen LogP contribution in [0.25, 0.3) is 0 Å². The Labute approximate surface area is 203 Å². The molecule has 0 aliphatic carbocycles. The number of rotatable bonds is 7. The lowest BCUT2D eigenvalue weighted by atomic mass is 10.0. The molecule has 0 aliphatic heterocycles. The Bertz CT molecular complexity index is 1010. The summed E-state index contributed by atoms with van der Waals surface area (Å²) in [5, 5.41) is 20.7. The fourth-order valence-electron chi connectivity index (χ4n) is 2.47. The van der Waals surface area contributed by atoms with Crippen molar-refractivity contribution in [2.45, 2.75) is 25.9 Å². The van der Waals surface area contributed by atoms with Crippen LogP contribution in [0.4, 0.5) is 8.78 Å². The van der Waals surface area contributed by atoms with Gasteiger partial charge in [-0.3, -0.25) is 0 Å². The number of carbonyl (C=O) groups excluding carboxylic acids is 3. The molecule has 0 aliphatic rings. The maximum atomic E-state index is 13.8. The summed E-state index contributed by atoms with van der Waals surface area (Å²) in [6.07, 6.45) is -2.23. The van der Waals surface area contributed by atoms with E-state index >= 15 is 0 Å². The second kappa shape index (κ2) is 10.1. The smallest absolute Gasteiger partial charge is 0.347 e. The van der Waals surface area contributed by atoms with E-state index in [9.17, 15) is 33.4 Å². The Balaban J connectivity index is 2.15. The van der Waals surface area contributed by atoms with E-state index in [1.165, 1.54) is 32.0 Å². The molecule has 2 rings (SSSR count). The van der Waals surface area contributed by atoms with Crippen molar-refractivity contribution in [3.8, 4) is 11.5 Å². The summed E-state index contributed by atoms with van der Waals surface area (Å²) in [5.74, 6) is -10.2. The molecule has 31 heavy (non-hydrogen) atoms. The van der Waals surface area contributed by atoms with Crippen molar-refractivity contribution in [3.63, 3.8) is 0 Å². The standard InChI is InChI=1S/C20H16F2I2O7/c1-9(2)16(20(21,22)19(28)29)31-17(26)10-3-5-12(6-4-10)30-18(27)13-7-11(23)8-14(24)15(13)25/h3-9,16,25H,1-2H3,(H,28,29)/p-1. The summed E-state index contributed by atoms with van der Waals surface area (Å²) >= 11 is 3.84. The van der Waals surface area contributed by atoms with E-state index in [-0.39, 0.29) is 22.6 Å². The number of esters is 2. The lowest BCUT2D eigenvalue weighted by Crippen LogP contribution is -2.53. The van der Waals surface area contributed by atoms with Gasteiger partial charge >= 0.3 is 17.9 Å². The quantitative estimate of drug-likeness (QED) is 0.276. The second-order valence-corrected chi connectivity index (χ2v) is 9.09. The number of halogens is 4. The van der Waals surface area contributed by atoms with Crippen LogP contribution in [0.5, 0.6) is 11.5 Å². The van der Waals surface area contributed by atoms with Gasteiger partial charge in [0.25, 0.3) is 0 Å². The van der Waals surface area contributed by atoms with Gasteiger partial charge < -0.3 is 24.5 Å². The van der Waals surface area contributed by atoms with Gasteiger partial charge in [-0.1, -0.05) is 13.8 Å². The molecule has 2 aromatic carbocycles. The molecule has 0 amide bonds. The van der Waals surface area contributed by atoms with Crippen molar-refractivity contribution < 1.29 is 42.9 Å². The minimum absolute atomic E-state index is 0.0234. The van der Waals surface area contributed by atoms with Gasteiger partial charge in [0.1, 0.15) is 23.0 Å². The van der Waals surface area contributed by atoms with Gasteiger partial charge in [0.2, 0.25) is 0 Å². The summed E-state index contributed by atoms with van der Waals surface area (Å²) in [6, 6.07) is 7.89. The first-order valence-electron chi connectivity index (χ1n) is 8.65. The molecule has 1 unspecified atom stereocenters. The summed E-state index contributed by atoms with van der Waals surface area (Å²) in [4.78, 5) is 35.2. The number of hydrogen-bond acceptors (Lipinski definition) is 7. The first-order valence-corrected chi connectivity index (χ1v) is 10.8. The highest BCUT2D eigenvalue weighted by Crippen LogP contribution is 2.29. The lowest BCUT2D eigenvalue weighted by molar-refractivity contribution is -0.337. The van der Waals surface area contributed by atoms with Crippen LogP contribution in [0, 0.1) is 13.1 Å². The molecular weight excluding hydrogens is 644 g/mol. The van der Waals surface area contributed by atoms with Crippen LogP contribution in [0.1, 0.15) is 34.6 Å². The topological polar surface area (TPSA) is 113 Å². The minimum Gasteiger partial charge on any atom is -0.544 e. The number of phenolic OH excluding ortho intramolecular Hbond substituents is 1. The number of carboxylic acid groups (broad SMARTS) is 1. The number of carboxylic acids is 1. The molecule has 166 valence electrons. The van der Waals surface area contributed by atoms with Crippen molar-refractivity contribution in [2.24, 2.45) is 5.92 Å². The van der Waals surface area contributed by atoms with Crippen LogP contribution in [-0.4, -0.2) is 35.0 Å². The largest absolute Gasteiger partial charge is 0.544 e. The van der Waals surface area contributed by atoms with Crippen molar-refractivity contribution >= 4 is 63.1 Å². The van der Waals surface area contributed by atoms with Crippen molar-refractivity contribution in [3.05, 3.63) is 54.7 Å². The van der Waals surface area contributed by atoms with E-state index in [1.807, 2.05) is 45.2 Å². The number of hydrogen-bond donors (Lipinski definition) is 1. The van der Waals surface area contributed by atoms with Gasteiger partial charge in [0.15, 0.2) is 6.10 Å². The summed E-state index contributed by atoms with van der Waals surface area (Å²) in [7, 11) is 0. The third kappa shape index (κ3) is 6.02. The second-order valence-electron chi connectivity index (χ2n) is 6.68. The van der Waals surface area contributed by atoms with Gasteiger partial charge in [0.05, 0.1) is 9.13 Å². The monoisotopic (exact) mass is 659 g/mol. The Morgan fingerprint density at radius 2 is 1.65 bits per heavy atom. The summed E-state index contributed by atoms with van der Waals surface area (Å²) < 4.78 is 38.6. The fraction of sp³-hybridized carbons (Fsp3) is 0.250. The lowest BCUT2D eigenvalue weighted by Gasteiger charge is -2.30. The van der Waals surface area contributed by atoms with E-state index in [2.05, 4.69) is 0 Å². The SMILES string of the molecule is CC(C)C(OC(=O)c1ccc(OC(=O)c2cc(I)cc(I)c2O)cc1)C(F)(F)C(=O)[O-]. The van der Waals surface area contributed by atoms with Gasteiger partial charge in [-0.15, -0.1) is 0 Å². The van der Waals surface area contributed by atoms with E-state index in [0.717, 1.165) is 12.1 Å². The molecule has 1 atom stereocenters. The predicted octanol–water partition coefficient (Wildman–Crippen LogP) is 3.39. The van der Waals surface area contributed by atoms with Gasteiger partial charge in [0, 0.05) is 3.57 Å². The number of aromatic hydroxyl groups is 1. The zero-order valence-electron chi connectivity index (χ0n) is 16.0. The molecule has 1 N–H and O–H groups in total. The number of benzene rings is 2. The normalized spacial score (nSPS) is 12.4. The minimum atomic E-state index is -4.37. The first-order chi connectivity index (χ1) is 14.3. The Morgan fingerprint density at radius 3 is 2.16 bits per heavy atom. The molecule has 0 bridgehead atoms. The third-order valence-electron chi connectivity index (χ3n) is 4.02. The Morgan fingerprint density at radius 1 is 1.06 bits per heavy atom. The van der Waals surface area contributed by atoms with Crippen LogP contribution in [0.15, 0.2) is 36.4 Å². The van der Waals surface area contributed by atoms with Crippen LogP contribution < -0.4 is 9.84 Å². The highest BCUT2D eigenvalue weighted by molar-refractivity contribution is 14.1. The fourth-order valence-corrected chi connectivity index (χ4v) is 4.32. The Hall–Kier alpha value is -2.03. The van der Waals surface area contributed by atoms with Crippen LogP contribution in [0.2, 0.25) is 0 Å². The van der Waals surface area contributed by atoms with Gasteiger partial charge in [-0.2, -0.15) is 8.78 Å². The van der Waals surface area contributed by atoms with Crippen LogP contribution in [-0.2, 0) is 9.53 Å². The number of carbonyl (C=O) groups is 3. The van der Waals surface area contributed by atoms with Crippen LogP contribution >= 0.6 is 45.2 Å². The highest BCUT2D eigenvalue weighted by atomic mass is 127. The number of ether oxygens (including phenoxy) is 2. The molecule has 11 heteroatoms. The molecule has 0 saturated heterocycles. The highest BCUT2D eigenvalue weighted by Gasteiger charge is 2.46. The molecule has 0 aromatic heterocycles. The van der Waals surface area contributed by atoms with Gasteiger partial charge in [-0.25, -0.2) is 9.59 Å². The predicted molar refractivity (Wildman–Crippen MR) is 119 cm³/mol. The average Bonchev–Trinajstić information content (AvgIpc) is 2.68. The van der Waals surface area contributed by atoms with E-state index < -0.39 is 35.9 Å². The zero-order valence-corrected chi connectivity index (χ0v) is 20.3. The van der Waals surface area contributed by atoms with E-state index in [4.69, 9.17) is 9.47 Å². The number of alkyl halides is 2. The number of phenols is 1. The summed E-state index contributed by atoms with van der Waals surface area (Å²) in [6.45, 7) is 2.55. The molecular formula is C20H15F2I2O7-. The Kier molecular flexibility index (Phi) is 8.19. The molecule has 0 saturated carbocycles. The number of aliphatic carboxylic acids is 1. The molecule has 0 fully saturated rings. The van der Waals surface area contributed by atoms with Gasteiger partial charge in [-0.05, 0) is 87.5 Å². The third-order valence-corrected chi connectivity index (χ3v) is 5.46. The van der Waals surface area contributed by atoms with Crippen molar-refractivity contribution in [2.75, 3.05) is 0 Å². The molecule has 2 aromatic rings. The maximum absolute atomic E-state index is 13.8. The molecule has 0 spiro atoms. The van der Waals surface area contributed by atoms with E-state index in [0.29, 0.717) is 7.14 Å². The molecule has 0 heterocycles. The van der Waals surface area contributed by atoms with Crippen molar-refractivity contribution in [1.29, 1.82) is 0 Å². The molecule has 0 radical (unpaired) electrons. The van der Waals surface area contributed by atoms with Crippen molar-refractivity contribution in [1.82, 2.24) is 0 Å². The zero-order chi connectivity index (χ0) is 23.5. The summed E-state index contributed by atoms with van der Waals surface area (Å²) in [5.41, 5.74) is -0.213. The van der Waals surface area contributed by atoms with E-state index in [1.54, 1.807) is 6.07 Å².